The summed E-state index contributed by atoms with van der Waals surface area (Å²) < 4.78 is 31.0. The van der Waals surface area contributed by atoms with Crippen LogP contribution in [0.5, 0.6) is 5.75 Å². The average molecular weight is 323 g/mol. The van der Waals surface area contributed by atoms with Gasteiger partial charge in [0.2, 0.25) is 15.9 Å². The maximum atomic E-state index is 11.7. The largest absolute Gasteiger partial charge is 0.496 e. The Balaban J connectivity index is 2.99. The lowest BCUT2D eigenvalue weighted by Gasteiger charge is -2.07. The maximum Gasteiger partial charge on any atom is 0.241 e. The van der Waals surface area contributed by atoms with Crippen molar-refractivity contribution in [1.82, 2.24) is 4.72 Å². The summed E-state index contributed by atoms with van der Waals surface area (Å²) in [5.41, 5.74) is 4.86. The molecular formula is C9H11BrN2O4S. The molecule has 1 aromatic rings. The zero-order valence-corrected chi connectivity index (χ0v) is 11.3. The average Bonchev–Trinajstić information content (AvgIpc) is 2.26. The number of hydrogen-bond donors (Lipinski definition) is 2. The first-order valence-corrected chi connectivity index (χ1v) is 6.76. The van der Waals surface area contributed by atoms with E-state index in [0.717, 1.165) is 0 Å². The van der Waals surface area contributed by atoms with Crippen molar-refractivity contribution in [3.8, 4) is 5.75 Å². The number of nitrogens with one attached hydrogen (secondary N) is 1. The Hall–Kier alpha value is -1.12. The first-order valence-electron chi connectivity index (χ1n) is 4.48. The highest BCUT2D eigenvalue weighted by Crippen LogP contribution is 2.27. The molecule has 0 aromatic heterocycles. The number of carbonyl (C=O) groups excluding carboxylic acids is 1. The van der Waals surface area contributed by atoms with E-state index in [1.165, 1.54) is 25.3 Å². The molecule has 0 atom stereocenters. The Morgan fingerprint density at radius 3 is 2.65 bits per heavy atom. The van der Waals surface area contributed by atoms with Crippen molar-refractivity contribution in [1.29, 1.82) is 0 Å². The molecule has 94 valence electrons. The second kappa shape index (κ2) is 5.48. The normalized spacial score (nSPS) is 11.2. The van der Waals surface area contributed by atoms with Gasteiger partial charge < -0.3 is 10.5 Å². The molecule has 0 heterocycles. The van der Waals surface area contributed by atoms with Crippen LogP contribution in [-0.2, 0) is 14.8 Å². The Kier molecular flexibility index (Phi) is 4.49. The molecule has 1 aromatic carbocycles. The highest BCUT2D eigenvalue weighted by atomic mass is 79.9. The third-order valence-electron chi connectivity index (χ3n) is 1.87. The van der Waals surface area contributed by atoms with E-state index < -0.39 is 22.5 Å². The van der Waals surface area contributed by atoms with Crippen molar-refractivity contribution < 1.29 is 17.9 Å². The van der Waals surface area contributed by atoms with Gasteiger partial charge in [0.05, 0.1) is 23.0 Å². The minimum atomic E-state index is -3.74. The fraction of sp³-hybridized carbons (Fsp3) is 0.222. The lowest BCUT2D eigenvalue weighted by molar-refractivity contribution is -0.116. The van der Waals surface area contributed by atoms with Crippen LogP contribution in [0.25, 0.3) is 0 Å². The number of rotatable bonds is 5. The number of methoxy groups -OCH3 is 1. The predicted molar refractivity (Wildman–Crippen MR) is 65.1 cm³/mol. The first-order chi connectivity index (χ1) is 7.86. The van der Waals surface area contributed by atoms with E-state index in [-0.39, 0.29) is 4.90 Å². The van der Waals surface area contributed by atoms with E-state index in [1.54, 1.807) is 0 Å². The number of benzene rings is 1. The molecule has 0 fully saturated rings. The molecule has 0 unspecified atom stereocenters. The summed E-state index contributed by atoms with van der Waals surface area (Å²) >= 11 is 3.17. The quantitative estimate of drug-likeness (QED) is 0.810. The van der Waals surface area contributed by atoms with E-state index in [9.17, 15) is 13.2 Å². The van der Waals surface area contributed by atoms with E-state index in [0.29, 0.717) is 10.2 Å². The van der Waals surface area contributed by atoms with Crippen LogP contribution in [0.3, 0.4) is 0 Å². The van der Waals surface area contributed by atoms with Gasteiger partial charge >= 0.3 is 0 Å². The van der Waals surface area contributed by atoms with Gasteiger partial charge in [-0.15, -0.1) is 0 Å². The van der Waals surface area contributed by atoms with E-state index in [4.69, 9.17) is 10.5 Å². The van der Waals surface area contributed by atoms with Gasteiger partial charge in [-0.05, 0) is 34.1 Å². The molecule has 0 aliphatic heterocycles. The predicted octanol–water partition coefficient (Wildman–Crippen LogP) is 0.221. The molecule has 17 heavy (non-hydrogen) atoms. The number of ether oxygens (including phenoxy) is 1. The molecule has 0 radical (unpaired) electrons. The smallest absolute Gasteiger partial charge is 0.241 e. The first kappa shape index (κ1) is 13.9. The third kappa shape index (κ3) is 3.69. The number of halogens is 1. The van der Waals surface area contributed by atoms with Crippen LogP contribution in [0.15, 0.2) is 27.6 Å². The van der Waals surface area contributed by atoms with Crippen LogP contribution in [0, 0.1) is 0 Å². The standard InChI is InChI=1S/C9H11BrN2O4S/c1-16-8-3-2-6(4-7(8)10)17(14,15)12-5-9(11)13/h2-4,12H,5H2,1H3,(H2,11,13). The maximum absolute atomic E-state index is 11.7. The lowest BCUT2D eigenvalue weighted by atomic mass is 10.3. The van der Waals surface area contributed by atoms with Gasteiger partial charge in [-0.2, -0.15) is 0 Å². The third-order valence-corrected chi connectivity index (χ3v) is 3.89. The summed E-state index contributed by atoms with van der Waals surface area (Å²) in [7, 11) is -2.27. The second-order valence-corrected chi connectivity index (χ2v) is 5.71. The molecule has 1 amide bonds. The van der Waals surface area contributed by atoms with Gasteiger partial charge in [-0.1, -0.05) is 0 Å². The van der Waals surface area contributed by atoms with Crippen LogP contribution in [0.2, 0.25) is 0 Å². The van der Waals surface area contributed by atoms with Crippen molar-refractivity contribution in [3.05, 3.63) is 22.7 Å². The van der Waals surface area contributed by atoms with Crippen molar-refractivity contribution in [2.24, 2.45) is 5.73 Å². The SMILES string of the molecule is COc1ccc(S(=O)(=O)NCC(N)=O)cc1Br. The second-order valence-electron chi connectivity index (χ2n) is 3.09. The summed E-state index contributed by atoms with van der Waals surface area (Å²) in [6, 6.07) is 4.25. The number of hydrogen-bond acceptors (Lipinski definition) is 4. The van der Waals surface area contributed by atoms with Crippen LogP contribution < -0.4 is 15.2 Å². The molecule has 0 bridgehead atoms. The Morgan fingerprint density at radius 1 is 1.53 bits per heavy atom. The summed E-state index contributed by atoms with van der Waals surface area (Å²) in [6.07, 6.45) is 0. The zero-order chi connectivity index (χ0) is 13.1. The van der Waals surface area contributed by atoms with E-state index >= 15 is 0 Å². The molecule has 0 spiro atoms. The summed E-state index contributed by atoms with van der Waals surface area (Å²) in [6.45, 7) is -0.439. The lowest BCUT2D eigenvalue weighted by Crippen LogP contribution is -2.33. The fourth-order valence-corrected chi connectivity index (χ4v) is 2.78. The number of carbonyl (C=O) groups is 1. The molecule has 8 heteroatoms. The molecule has 6 nitrogen and oxygen atoms in total. The number of primary amides is 1. The van der Waals surface area contributed by atoms with E-state index in [1.807, 2.05) is 0 Å². The molecule has 0 aliphatic rings. The molecule has 0 aliphatic carbocycles. The number of sulfonamides is 1. The zero-order valence-electron chi connectivity index (χ0n) is 8.94. The topological polar surface area (TPSA) is 98.5 Å². The van der Waals surface area contributed by atoms with E-state index in [2.05, 4.69) is 20.7 Å². The molecule has 3 N–H and O–H groups in total. The molecule has 1 rings (SSSR count). The van der Waals surface area contributed by atoms with Gasteiger partial charge in [-0.3, -0.25) is 4.79 Å². The Labute approximate surface area is 107 Å². The fourth-order valence-electron chi connectivity index (χ4n) is 1.06. The van der Waals surface area contributed by atoms with Crippen molar-refractivity contribution in [2.45, 2.75) is 4.90 Å². The number of amides is 1. The van der Waals surface area contributed by atoms with Crippen molar-refractivity contribution >= 4 is 31.9 Å². The van der Waals surface area contributed by atoms with Crippen LogP contribution >= 0.6 is 15.9 Å². The Morgan fingerprint density at radius 2 is 2.18 bits per heavy atom. The van der Waals surface area contributed by atoms with Gasteiger partial charge in [0, 0.05) is 0 Å². The highest BCUT2D eigenvalue weighted by Gasteiger charge is 2.16. The molecular weight excluding hydrogens is 312 g/mol. The van der Waals surface area contributed by atoms with Crippen LogP contribution in [0.4, 0.5) is 0 Å². The minimum absolute atomic E-state index is 0.0198. The monoisotopic (exact) mass is 322 g/mol. The summed E-state index contributed by atoms with van der Waals surface area (Å²) in [4.78, 5) is 10.5. The Bertz CT molecular complexity index is 530. The summed E-state index contributed by atoms with van der Waals surface area (Å²) in [5.74, 6) is -0.236. The molecule has 0 saturated heterocycles. The van der Waals surface area contributed by atoms with Gasteiger partial charge in [-0.25, -0.2) is 13.1 Å². The summed E-state index contributed by atoms with van der Waals surface area (Å²) in [5, 5.41) is 0. The van der Waals surface area contributed by atoms with Gasteiger partial charge in [0.1, 0.15) is 5.75 Å². The molecule has 0 saturated carbocycles. The van der Waals surface area contributed by atoms with Crippen molar-refractivity contribution in [2.75, 3.05) is 13.7 Å². The van der Waals surface area contributed by atoms with Gasteiger partial charge in [0.15, 0.2) is 0 Å². The van der Waals surface area contributed by atoms with Crippen LogP contribution in [0.1, 0.15) is 0 Å². The highest BCUT2D eigenvalue weighted by molar-refractivity contribution is 9.10. The van der Waals surface area contributed by atoms with Gasteiger partial charge in [0.25, 0.3) is 0 Å². The van der Waals surface area contributed by atoms with Crippen LogP contribution in [-0.4, -0.2) is 28.0 Å². The van der Waals surface area contributed by atoms with Crippen molar-refractivity contribution in [3.63, 3.8) is 0 Å². The number of nitrogens with two attached hydrogens (primary N) is 1. The minimum Gasteiger partial charge on any atom is -0.496 e.